The van der Waals surface area contributed by atoms with E-state index in [0.717, 1.165) is 15.7 Å². The molecule has 0 saturated carbocycles. The topological polar surface area (TPSA) is 78.5 Å². The third-order valence-electron chi connectivity index (χ3n) is 2.36. The number of aryl methyl sites for hydroxylation is 1. The molecule has 0 heterocycles. The zero-order valence-corrected chi connectivity index (χ0v) is 11.0. The van der Waals surface area contributed by atoms with Crippen molar-refractivity contribution >= 4 is 27.3 Å². The van der Waals surface area contributed by atoms with Crippen LogP contribution in [-0.4, -0.2) is 29.0 Å². The number of nitrogen functional groups attached to an aromatic ring is 1. The molecule has 5 N–H and O–H groups in total. The highest BCUT2D eigenvalue weighted by Gasteiger charge is 2.18. The highest BCUT2D eigenvalue weighted by molar-refractivity contribution is 9.10. The molecule has 0 aromatic heterocycles. The molecule has 0 spiro atoms. The van der Waals surface area contributed by atoms with Gasteiger partial charge in [0.15, 0.2) is 0 Å². The summed E-state index contributed by atoms with van der Waals surface area (Å²) in [6.07, 6.45) is 0. The third kappa shape index (κ3) is 3.37. The summed E-state index contributed by atoms with van der Waals surface area (Å²) in [5.41, 5.74) is 7.15. The van der Waals surface area contributed by atoms with Crippen LogP contribution >= 0.6 is 15.9 Å². The Kier molecular flexibility index (Phi) is 4.18. The van der Waals surface area contributed by atoms with Crippen molar-refractivity contribution < 1.29 is 10.2 Å². The van der Waals surface area contributed by atoms with Crippen LogP contribution < -0.4 is 11.1 Å². The van der Waals surface area contributed by atoms with E-state index in [0.29, 0.717) is 5.69 Å². The Hall–Kier alpha value is -0.780. The minimum absolute atomic E-state index is 0.269. The molecule has 0 radical (unpaired) electrons. The fraction of sp³-hybridized carbons (Fsp3) is 0.455. The van der Waals surface area contributed by atoms with Gasteiger partial charge in [-0.05, 0) is 47.5 Å². The largest absolute Gasteiger partial charge is 0.398 e. The number of halogens is 1. The summed E-state index contributed by atoms with van der Waals surface area (Å²) in [6.45, 7) is 3.46. The second-order valence-corrected chi connectivity index (χ2v) is 5.05. The van der Waals surface area contributed by atoms with E-state index in [1.54, 1.807) is 6.92 Å². The lowest BCUT2D eigenvalue weighted by Gasteiger charge is -2.22. The van der Waals surface area contributed by atoms with Crippen LogP contribution in [0.25, 0.3) is 0 Å². The van der Waals surface area contributed by atoms with Gasteiger partial charge in [0.05, 0.1) is 6.61 Å². The predicted molar refractivity (Wildman–Crippen MR) is 69.5 cm³/mol. The molecule has 0 aliphatic rings. The molecule has 1 aromatic carbocycles. The van der Waals surface area contributed by atoms with Gasteiger partial charge in [0.1, 0.15) is 5.60 Å². The van der Waals surface area contributed by atoms with Gasteiger partial charge >= 0.3 is 0 Å². The normalized spacial score (nSPS) is 14.6. The molecular formula is C11H17BrN2O2. The Morgan fingerprint density at radius 3 is 2.69 bits per heavy atom. The van der Waals surface area contributed by atoms with E-state index >= 15 is 0 Å². The fourth-order valence-electron chi connectivity index (χ4n) is 1.17. The summed E-state index contributed by atoms with van der Waals surface area (Å²) < 4.78 is 0.837. The molecule has 90 valence electrons. The first kappa shape index (κ1) is 13.3. The van der Waals surface area contributed by atoms with E-state index in [-0.39, 0.29) is 13.2 Å². The molecule has 16 heavy (non-hydrogen) atoms. The van der Waals surface area contributed by atoms with Gasteiger partial charge in [0, 0.05) is 22.4 Å². The van der Waals surface area contributed by atoms with Crippen molar-refractivity contribution in [3.8, 4) is 0 Å². The number of aliphatic hydroxyl groups excluding tert-OH is 1. The zero-order chi connectivity index (χ0) is 12.3. The van der Waals surface area contributed by atoms with Crippen LogP contribution in [0.5, 0.6) is 0 Å². The molecule has 0 saturated heterocycles. The summed E-state index contributed by atoms with van der Waals surface area (Å²) >= 11 is 3.38. The molecule has 1 rings (SSSR count). The van der Waals surface area contributed by atoms with E-state index in [1.807, 2.05) is 19.1 Å². The zero-order valence-electron chi connectivity index (χ0n) is 9.42. The van der Waals surface area contributed by atoms with Gasteiger partial charge in [-0.3, -0.25) is 0 Å². The second kappa shape index (κ2) is 5.03. The summed E-state index contributed by atoms with van der Waals surface area (Å²) in [5, 5.41) is 21.6. The number of nitrogens with two attached hydrogens (primary N) is 1. The molecular weight excluding hydrogens is 272 g/mol. The van der Waals surface area contributed by atoms with Crippen LogP contribution in [0, 0.1) is 6.92 Å². The molecule has 4 nitrogen and oxygen atoms in total. The molecule has 1 aromatic rings. The Balaban J connectivity index is 2.79. The van der Waals surface area contributed by atoms with Crippen molar-refractivity contribution in [2.75, 3.05) is 24.2 Å². The first-order valence-electron chi connectivity index (χ1n) is 4.98. The number of nitrogens with one attached hydrogen (secondary N) is 1. The Morgan fingerprint density at radius 2 is 2.12 bits per heavy atom. The first-order valence-corrected chi connectivity index (χ1v) is 5.78. The maximum atomic E-state index is 9.65. The smallest absolute Gasteiger partial charge is 0.102 e. The van der Waals surface area contributed by atoms with Gasteiger partial charge < -0.3 is 21.3 Å². The van der Waals surface area contributed by atoms with Crippen molar-refractivity contribution in [2.45, 2.75) is 19.4 Å². The van der Waals surface area contributed by atoms with Crippen LogP contribution in [0.15, 0.2) is 16.6 Å². The van der Waals surface area contributed by atoms with Crippen molar-refractivity contribution in [2.24, 2.45) is 0 Å². The van der Waals surface area contributed by atoms with E-state index in [2.05, 4.69) is 21.2 Å². The molecule has 0 aliphatic heterocycles. The van der Waals surface area contributed by atoms with Crippen LogP contribution in [0.2, 0.25) is 0 Å². The average Bonchev–Trinajstić information content (AvgIpc) is 2.22. The van der Waals surface area contributed by atoms with Gasteiger partial charge in [-0.2, -0.15) is 0 Å². The van der Waals surface area contributed by atoms with Crippen LogP contribution in [0.3, 0.4) is 0 Å². The number of hydrogen-bond donors (Lipinski definition) is 4. The number of anilines is 2. The Labute approximate surface area is 104 Å². The average molecular weight is 289 g/mol. The van der Waals surface area contributed by atoms with Crippen LogP contribution in [0.4, 0.5) is 11.4 Å². The highest BCUT2D eigenvalue weighted by Crippen LogP contribution is 2.28. The molecule has 0 bridgehead atoms. The van der Waals surface area contributed by atoms with E-state index in [4.69, 9.17) is 10.8 Å². The molecule has 0 fully saturated rings. The number of rotatable bonds is 4. The van der Waals surface area contributed by atoms with Gasteiger partial charge in [-0.1, -0.05) is 0 Å². The van der Waals surface area contributed by atoms with Crippen molar-refractivity contribution in [3.63, 3.8) is 0 Å². The lowest BCUT2D eigenvalue weighted by atomic mass is 10.1. The van der Waals surface area contributed by atoms with Crippen molar-refractivity contribution in [3.05, 3.63) is 22.2 Å². The van der Waals surface area contributed by atoms with Gasteiger partial charge in [-0.15, -0.1) is 0 Å². The van der Waals surface area contributed by atoms with Crippen molar-refractivity contribution in [1.82, 2.24) is 0 Å². The minimum atomic E-state index is -1.13. The quantitative estimate of drug-likeness (QED) is 0.633. The lowest BCUT2D eigenvalue weighted by Crippen LogP contribution is -2.37. The molecule has 1 unspecified atom stereocenters. The molecule has 5 heteroatoms. The summed E-state index contributed by atoms with van der Waals surface area (Å²) in [6, 6.07) is 3.71. The number of benzene rings is 1. The number of aliphatic hydroxyl groups is 2. The first-order chi connectivity index (χ1) is 7.35. The summed E-state index contributed by atoms with van der Waals surface area (Å²) in [5.74, 6) is 0. The second-order valence-electron chi connectivity index (χ2n) is 4.20. The lowest BCUT2D eigenvalue weighted by molar-refractivity contribution is 0.0132. The standard InChI is InChI=1S/C11H17BrN2O2/c1-7-3-10(8(12)4-9(7)13)14-5-11(2,16)6-15/h3-4,14-16H,5-6,13H2,1-2H3. The molecule has 1 atom stereocenters. The summed E-state index contributed by atoms with van der Waals surface area (Å²) in [4.78, 5) is 0. The van der Waals surface area contributed by atoms with Gasteiger partial charge in [0.2, 0.25) is 0 Å². The minimum Gasteiger partial charge on any atom is -0.398 e. The van der Waals surface area contributed by atoms with E-state index < -0.39 is 5.60 Å². The number of hydrogen-bond acceptors (Lipinski definition) is 4. The van der Waals surface area contributed by atoms with Gasteiger partial charge in [-0.25, -0.2) is 0 Å². The van der Waals surface area contributed by atoms with Crippen LogP contribution in [0.1, 0.15) is 12.5 Å². The highest BCUT2D eigenvalue weighted by atomic mass is 79.9. The molecule has 0 aliphatic carbocycles. The maximum Gasteiger partial charge on any atom is 0.102 e. The predicted octanol–water partition coefficient (Wildman–Crippen LogP) is 1.49. The fourth-order valence-corrected chi connectivity index (χ4v) is 1.68. The Bertz CT molecular complexity index is 380. The Morgan fingerprint density at radius 1 is 1.50 bits per heavy atom. The summed E-state index contributed by atoms with van der Waals surface area (Å²) in [7, 11) is 0. The molecule has 0 amide bonds. The third-order valence-corrected chi connectivity index (χ3v) is 3.01. The van der Waals surface area contributed by atoms with Gasteiger partial charge in [0.25, 0.3) is 0 Å². The van der Waals surface area contributed by atoms with E-state index in [1.165, 1.54) is 0 Å². The van der Waals surface area contributed by atoms with E-state index in [9.17, 15) is 5.11 Å². The van der Waals surface area contributed by atoms with Crippen LogP contribution in [-0.2, 0) is 0 Å². The van der Waals surface area contributed by atoms with Crippen molar-refractivity contribution in [1.29, 1.82) is 0 Å². The SMILES string of the molecule is Cc1cc(NCC(C)(O)CO)c(Br)cc1N. The monoisotopic (exact) mass is 288 g/mol. The maximum absolute atomic E-state index is 9.65.